The van der Waals surface area contributed by atoms with Gasteiger partial charge < -0.3 is 5.73 Å². The lowest BCUT2D eigenvalue weighted by atomic mass is 9.88. The fourth-order valence-electron chi connectivity index (χ4n) is 3.82. The molecule has 3 nitrogen and oxygen atoms in total. The molecule has 2 aromatic carbocycles. The summed E-state index contributed by atoms with van der Waals surface area (Å²) in [5.74, 6) is -0.374. The number of hydrogen-bond acceptors (Lipinski definition) is 2. The van der Waals surface area contributed by atoms with E-state index in [1.54, 1.807) is 0 Å². The molecular formula is C22H20N2O. The standard InChI is InChI=1S/C22H20N2O/c1-12-5-4-6-16(14(12)3)17-7-8-18(22(23)25)19-10-15-9-13(2)24-11-20(15)21(17)19/h4-9,11H,10H2,1-3H3,(H2,23,25). The molecule has 0 unspecified atom stereocenters. The minimum absolute atomic E-state index is 0.374. The number of rotatable bonds is 2. The summed E-state index contributed by atoms with van der Waals surface area (Å²) in [5.41, 5.74) is 16.5. The Labute approximate surface area is 147 Å². The van der Waals surface area contributed by atoms with E-state index in [-0.39, 0.29) is 5.91 Å². The molecule has 4 rings (SSSR count). The first kappa shape index (κ1) is 15.6. The summed E-state index contributed by atoms with van der Waals surface area (Å²) < 4.78 is 0. The molecule has 0 aliphatic heterocycles. The number of nitrogens with zero attached hydrogens (tertiary/aromatic N) is 1. The van der Waals surface area contributed by atoms with Gasteiger partial charge in [-0.05, 0) is 78.3 Å². The second kappa shape index (κ2) is 5.55. The van der Waals surface area contributed by atoms with Gasteiger partial charge in [-0.2, -0.15) is 0 Å². The van der Waals surface area contributed by atoms with E-state index in [0.717, 1.165) is 34.4 Å². The van der Waals surface area contributed by atoms with E-state index in [1.165, 1.54) is 22.3 Å². The van der Waals surface area contributed by atoms with Crippen molar-refractivity contribution in [1.29, 1.82) is 0 Å². The first-order valence-corrected chi connectivity index (χ1v) is 8.45. The molecule has 1 aliphatic carbocycles. The Morgan fingerprint density at radius 1 is 1.04 bits per heavy atom. The van der Waals surface area contributed by atoms with Crippen molar-refractivity contribution in [2.45, 2.75) is 27.2 Å². The molecule has 1 aromatic heterocycles. The van der Waals surface area contributed by atoms with Crippen LogP contribution < -0.4 is 5.73 Å². The first-order chi connectivity index (χ1) is 12.0. The molecule has 0 spiro atoms. The van der Waals surface area contributed by atoms with Crippen LogP contribution >= 0.6 is 0 Å². The third-order valence-corrected chi connectivity index (χ3v) is 5.24. The molecular weight excluding hydrogens is 308 g/mol. The van der Waals surface area contributed by atoms with Crippen molar-refractivity contribution in [3.8, 4) is 22.3 Å². The van der Waals surface area contributed by atoms with E-state index in [0.29, 0.717) is 5.56 Å². The summed E-state index contributed by atoms with van der Waals surface area (Å²) in [6.07, 6.45) is 2.65. The molecule has 124 valence electrons. The summed E-state index contributed by atoms with van der Waals surface area (Å²) >= 11 is 0. The molecule has 1 amide bonds. The predicted octanol–water partition coefficient (Wildman–Crippen LogP) is 4.34. The second-order valence-corrected chi connectivity index (χ2v) is 6.79. The highest BCUT2D eigenvalue weighted by atomic mass is 16.1. The highest BCUT2D eigenvalue weighted by Crippen LogP contribution is 2.45. The third kappa shape index (κ3) is 2.35. The number of nitrogens with two attached hydrogens (primary N) is 1. The fourth-order valence-corrected chi connectivity index (χ4v) is 3.82. The summed E-state index contributed by atoms with van der Waals surface area (Å²) in [6.45, 7) is 6.25. The van der Waals surface area contributed by atoms with Crippen molar-refractivity contribution in [1.82, 2.24) is 4.98 Å². The number of amides is 1. The average molecular weight is 328 g/mol. The molecule has 0 radical (unpaired) electrons. The van der Waals surface area contributed by atoms with Crippen molar-refractivity contribution in [3.05, 3.63) is 76.1 Å². The van der Waals surface area contributed by atoms with Crippen molar-refractivity contribution in [3.63, 3.8) is 0 Å². The largest absolute Gasteiger partial charge is 0.366 e. The van der Waals surface area contributed by atoms with Crippen LogP contribution in [-0.2, 0) is 6.42 Å². The van der Waals surface area contributed by atoms with Crippen LogP contribution in [0.15, 0.2) is 42.6 Å². The summed E-state index contributed by atoms with van der Waals surface area (Å²) in [5, 5.41) is 0. The van der Waals surface area contributed by atoms with Crippen LogP contribution in [0.3, 0.4) is 0 Å². The van der Waals surface area contributed by atoms with Crippen LogP contribution in [0.5, 0.6) is 0 Å². The van der Waals surface area contributed by atoms with Gasteiger partial charge >= 0.3 is 0 Å². The number of benzene rings is 2. The zero-order valence-corrected chi connectivity index (χ0v) is 14.7. The van der Waals surface area contributed by atoms with Gasteiger partial charge in [0.05, 0.1) is 0 Å². The topological polar surface area (TPSA) is 56.0 Å². The van der Waals surface area contributed by atoms with Gasteiger partial charge in [0, 0.05) is 23.0 Å². The van der Waals surface area contributed by atoms with E-state index < -0.39 is 0 Å². The smallest absolute Gasteiger partial charge is 0.249 e. The Bertz CT molecular complexity index is 1030. The minimum Gasteiger partial charge on any atom is -0.366 e. The van der Waals surface area contributed by atoms with Gasteiger partial charge in [-0.15, -0.1) is 0 Å². The lowest BCUT2D eigenvalue weighted by molar-refractivity contribution is 0.0999. The average Bonchev–Trinajstić information content (AvgIpc) is 2.94. The maximum absolute atomic E-state index is 12.0. The SMILES string of the molecule is Cc1cc2c(cn1)-c1c(-c3cccc(C)c3C)ccc(C(N)=O)c1C2. The lowest BCUT2D eigenvalue weighted by Gasteiger charge is -2.15. The molecule has 3 heteroatoms. The number of primary amides is 1. The molecule has 0 bridgehead atoms. The van der Waals surface area contributed by atoms with Gasteiger partial charge in [0.2, 0.25) is 5.91 Å². The molecule has 2 N–H and O–H groups in total. The molecule has 25 heavy (non-hydrogen) atoms. The van der Waals surface area contributed by atoms with Crippen LogP contribution in [0.2, 0.25) is 0 Å². The van der Waals surface area contributed by atoms with Gasteiger partial charge in [-0.1, -0.05) is 24.3 Å². The van der Waals surface area contributed by atoms with Gasteiger partial charge in [-0.3, -0.25) is 9.78 Å². The van der Waals surface area contributed by atoms with Crippen molar-refractivity contribution < 1.29 is 4.79 Å². The maximum atomic E-state index is 12.0. The quantitative estimate of drug-likeness (QED) is 0.595. The number of carbonyl (C=O) groups excluding carboxylic acids is 1. The van der Waals surface area contributed by atoms with Gasteiger partial charge in [0.15, 0.2) is 0 Å². The molecule has 0 saturated carbocycles. The Balaban J connectivity index is 2.06. The molecule has 1 aliphatic rings. The van der Waals surface area contributed by atoms with Gasteiger partial charge in [0.1, 0.15) is 0 Å². The highest BCUT2D eigenvalue weighted by molar-refractivity contribution is 6.01. The van der Waals surface area contributed by atoms with Crippen LogP contribution in [0.1, 0.15) is 38.3 Å². The van der Waals surface area contributed by atoms with E-state index in [1.807, 2.05) is 25.3 Å². The van der Waals surface area contributed by atoms with E-state index in [2.05, 4.69) is 43.1 Å². The predicted molar refractivity (Wildman–Crippen MR) is 101 cm³/mol. The fraction of sp³-hybridized carbons (Fsp3) is 0.182. The Hall–Kier alpha value is -2.94. The molecule has 0 atom stereocenters. The number of pyridine rings is 1. The van der Waals surface area contributed by atoms with Crippen LogP contribution in [0, 0.1) is 20.8 Å². The van der Waals surface area contributed by atoms with Crippen LogP contribution in [-0.4, -0.2) is 10.9 Å². The van der Waals surface area contributed by atoms with Crippen molar-refractivity contribution >= 4 is 5.91 Å². The molecule has 0 saturated heterocycles. The number of aromatic nitrogens is 1. The van der Waals surface area contributed by atoms with Crippen LogP contribution in [0.25, 0.3) is 22.3 Å². The normalized spacial score (nSPS) is 12.0. The van der Waals surface area contributed by atoms with E-state index >= 15 is 0 Å². The third-order valence-electron chi connectivity index (χ3n) is 5.24. The first-order valence-electron chi connectivity index (χ1n) is 8.45. The zero-order valence-electron chi connectivity index (χ0n) is 14.7. The van der Waals surface area contributed by atoms with E-state index in [9.17, 15) is 4.79 Å². The maximum Gasteiger partial charge on any atom is 0.249 e. The van der Waals surface area contributed by atoms with Gasteiger partial charge in [-0.25, -0.2) is 0 Å². The second-order valence-electron chi connectivity index (χ2n) is 6.79. The Morgan fingerprint density at radius 3 is 2.60 bits per heavy atom. The number of carbonyl (C=O) groups is 1. The minimum atomic E-state index is -0.374. The summed E-state index contributed by atoms with van der Waals surface area (Å²) in [4.78, 5) is 16.4. The summed E-state index contributed by atoms with van der Waals surface area (Å²) in [6, 6.07) is 12.3. The van der Waals surface area contributed by atoms with Crippen LogP contribution in [0.4, 0.5) is 0 Å². The molecule has 1 heterocycles. The van der Waals surface area contributed by atoms with E-state index in [4.69, 9.17) is 5.73 Å². The molecule has 3 aromatic rings. The number of aryl methyl sites for hydroxylation is 2. The van der Waals surface area contributed by atoms with Crippen molar-refractivity contribution in [2.24, 2.45) is 5.73 Å². The highest BCUT2D eigenvalue weighted by Gasteiger charge is 2.27. The van der Waals surface area contributed by atoms with Gasteiger partial charge in [0.25, 0.3) is 0 Å². The molecule has 0 fully saturated rings. The van der Waals surface area contributed by atoms with Crippen molar-refractivity contribution in [2.75, 3.05) is 0 Å². The Morgan fingerprint density at radius 2 is 1.84 bits per heavy atom. The zero-order chi connectivity index (χ0) is 17.7. The summed E-state index contributed by atoms with van der Waals surface area (Å²) in [7, 11) is 0. The monoisotopic (exact) mass is 328 g/mol. The Kier molecular flexibility index (Phi) is 3.46. The number of fused-ring (bicyclic) bond motifs is 3. The number of hydrogen-bond donors (Lipinski definition) is 1. The lowest BCUT2D eigenvalue weighted by Crippen LogP contribution is -2.13.